The minimum atomic E-state index is -2.91. The van der Waals surface area contributed by atoms with Crippen LogP contribution in [0.1, 0.15) is 13.3 Å². The van der Waals surface area contributed by atoms with Crippen LogP contribution in [0.15, 0.2) is 18.3 Å². The van der Waals surface area contributed by atoms with Crippen LogP contribution in [0, 0.1) is 0 Å². The smallest absolute Gasteiger partial charge is 0.411 e. The number of hydrogen-bond acceptors (Lipinski definition) is 6. The predicted molar refractivity (Wildman–Crippen MR) is 75.6 cm³/mol. The van der Waals surface area contributed by atoms with E-state index in [2.05, 4.69) is 15.6 Å². The lowest BCUT2D eigenvalue weighted by atomic mass is 10.2. The van der Waals surface area contributed by atoms with Crippen LogP contribution in [0.3, 0.4) is 0 Å². The molecule has 1 amide bonds. The Labute approximate surface area is 117 Å². The quantitative estimate of drug-likeness (QED) is 0.868. The summed E-state index contributed by atoms with van der Waals surface area (Å²) in [6.45, 7) is 2.02. The Morgan fingerprint density at radius 1 is 1.50 bits per heavy atom. The summed E-state index contributed by atoms with van der Waals surface area (Å²) in [6, 6.07) is 3.26. The van der Waals surface area contributed by atoms with E-state index in [0.717, 1.165) is 0 Å². The van der Waals surface area contributed by atoms with Gasteiger partial charge in [-0.2, -0.15) is 0 Å². The summed E-state index contributed by atoms with van der Waals surface area (Å²) >= 11 is 0. The normalized spacial score (nSPS) is 20.4. The van der Waals surface area contributed by atoms with Gasteiger partial charge in [-0.15, -0.1) is 0 Å². The van der Waals surface area contributed by atoms with Gasteiger partial charge in [-0.3, -0.25) is 5.32 Å². The van der Waals surface area contributed by atoms with Gasteiger partial charge in [-0.05, 0) is 25.5 Å². The van der Waals surface area contributed by atoms with Crippen molar-refractivity contribution in [3.05, 3.63) is 18.3 Å². The van der Waals surface area contributed by atoms with Gasteiger partial charge in [0.05, 0.1) is 30.0 Å². The van der Waals surface area contributed by atoms with Crippen molar-refractivity contribution in [2.24, 2.45) is 0 Å². The van der Waals surface area contributed by atoms with Crippen molar-refractivity contribution in [3.63, 3.8) is 0 Å². The molecule has 0 bridgehead atoms. The van der Waals surface area contributed by atoms with Gasteiger partial charge in [0, 0.05) is 6.04 Å². The van der Waals surface area contributed by atoms with Crippen LogP contribution in [0.4, 0.5) is 16.3 Å². The maximum Gasteiger partial charge on any atom is 0.411 e. The average Bonchev–Trinajstić information content (AvgIpc) is 2.71. The van der Waals surface area contributed by atoms with E-state index in [4.69, 9.17) is 4.74 Å². The molecule has 0 aliphatic carbocycles. The lowest BCUT2D eigenvalue weighted by Crippen LogP contribution is -2.21. The first-order valence-electron chi connectivity index (χ1n) is 6.35. The number of amides is 1. The maximum absolute atomic E-state index is 11.3. The van der Waals surface area contributed by atoms with E-state index >= 15 is 0 Å². The molecule has 8 heteroatoms. The van der Waals surface area contributed by atoms with Crippen LogP contribution >= 0.6 is 0 Å². The monoisotopic (exact) mass is 299 g/mol. The van der Waals surface area contributed by atoms with Gasteiger partial charge in [0.2, 0.25) is 0 Å². The van der Waals surface area contributed by atoms with E-state index in [-0.39, 0.29) is 17.5 Å². The Morgan fingerprint density at radius 3 is 2.85 bits per heavy atom. The molecule has 20 heavy (non-hydrogen) atoms. The second-order valence-electron chi connectivity index (χ2n) is 4.52. The predicted octanol–water partition coefficient (Wildman–Crippen LogP) is 1.25. The molecule has 110 valence electrons. The van der Waals surface area contributed by atoms with Crippen LogP contribution in [-0.4, -0.2) is 43.6 Å². The van der Waals surface area contributed by atoms with Gasteiger partial charge in [0.1, 0.15) is 5.82 Å². The maximum atomic E-state index is 11.3. The van der Waals surface area contributed by atoms with Crippen molar-refractivity contribution in [2.75, 3.05) is 28.7 Å². The third-order valence-corrected chi connectivity index (χ3v) is 4.64. The summed E-state index contributed by atoms with van der Waals surface area (Å²) in [5, 5.41) is 5.60. The zero-order chi connectivity index (χ0) is 14.6. The van der Waals surface area contributed by atoms with E-state index < -0.39 is 15.9 Å². The molecule has 1 fully saturated rings. The fourth-order valence-electron chi connectivity index (χ4n) is 1.96. The highest BCUT2D eigenvalue weighted by molar-refractivity contribution is 7.91. The molecular formula is C12H17N3O4S. The van der Waals surface area contributed by atoms with Crippen LogP contribution < -0.4 is 10.6 Å². The molecule has 1 aromatic heterocycles. The molecule has 1 aliphatic heterocycles. The van der Waals surface area contributed by atoms with E-state index in [9.17, 15) is 13.2 Å². The first kappa shape index (κ1) is 14.6. The van der Waals surface area contributed by atoms with Gasteiger partial charge < -0.3 is 10.1 Å². The number of hydrogen-bond donors (Lipinski definition) is 2. The molecule has 2 N–H and O–H groups in total. The van der Waals surface area contributed by atoms with Crippen molar-refractivity contribution in [1.82, 2.24) is 4.98 Å². The third-order valence-electron chi connectivity index (χ3n) is 2.87. The minimum absolute atomic E-state index is 0.101. The average molecular weight is 299 g/mol. The van der Waals surface area contributed by atoms with Crippen molar-refractivity contribution < 1.29 is 17.9 Å². The summed E-state index contributed by atoms with van der Waals surface area (Å²) in [4.78, 5) is 15.3. The van der Waals surface area contributed by atoms with Crippen molar-refractivity contribution in [3.8, 4) is 0 Å². The standard InChI is InChI=1S/C12H17N3O4S/c1-2-19-12(16)15-9-3-4-11(13-7-9)14-10-5-6-20(17,18)8-10/h3-4,7,10H,2,5-6,8H2,1H3,(H,13,14)(H,15,16). The molecule has 1 aromatic rings. The van der Waals surface area contributed by atoms with Crippen molar-refractivity contribution in [1.29, 1.82) is 0 Å². The SMILES string of the molecule is CCOC(=O)Nc1ccc(NC2CCS(=O)(=O)C2)nc1. The largest absolute Gasteiger partial charge is 0.450 e. The topological polar surface area (TPSA) is 97.4 Å². The van der Waals surface area contributed by atoms with Crippen molar-refractivity contribution in [2.45, 2.75) is 19.4 Å². The lowest BCUT2D eigenvalue weighted by Gasteiger charge is -2.12. The number of nitrogens with zero attached hydrogens (tertiary/aromatic N) is 1. The zero-order valence-electron chi connectivity index (χ0n) is 11.1. The van der Waals surface area contributed by atoms with Gasteiger partial charge in [0.15, 0.2) is 9.84 Å². The Morgan fingerprint density at radius 2 is 2.30 bits per heavy atom. The summed E-state index contributed by atoms with van der Waals surface area (Å²) in [5.74, 6) is 0.937. The van der Waals surface area contributed by atoms with Crippen molar-refractivity contribution >= 4 is 27.4 Å². The minimum Gasteiger partial charge on any atom is -0.450 e. The Bertz CT molecular complexity index is 571. The molecule has 1 saturated heterocycles. The summed E-state index contributed by atoms with van der Waals surface area (Å²) in [7, 11) is -2.91. The zero-order valence-corrected chi connectivity index (χ0v) is 11.9. The molecule has 0 saturated carbocycles. The van der Waals surface area contributed by atoms with E-state index in [1.165, 1.54) is 6.20 Å². The highest BCUT2D eigenvalue weighted by Gasteiger charge is 2.27. The molecule has 2 heterocycles. The third kappa shape index (κ3) is 4.09. The summed E-state index contributed by atoms with van der Waals surface area (Å²) in [5.41, 5.74) is 0.521. The van der Waals surface area contributed by atoms with Gasteiger partial charge in [-0.1, -0.05) is 0 Å². The second kappa shape index (κ2) is 6.08. The molecule has 0 aromatic carbocycles. The number of rotatable bonds is 4. The van der Waals surface area contributed by atoms with E-state index in [1.54, 1.807) is 19.1 Å². The number of anilines is 2. The summed E-state index contributed by atoms with van der Waals surface area (Å²) in [6.07, 6.45) is 1.55. The second-order valence-corrected chi connectivity index (χ2v) is 6.75. The number of carbonyl (C=O) groups is 1. The number of sulfone groups is 1. The van der Waals surface area contributed by atoms with Gasteiger partial charge >= 0.3 is 6.09 Å². The van der Waals surface area contributed by atoms with E-state index in [0.29, 0.717) is 24.5 Å². The first-order chi connectivity index (χ1) is 9.48. The number of carbonyl (C=O) groups excluding carboxylic acids is 1. The van der Waals surface area contributed by atoms with Gasteiger partial charge in [-0.25, -0.2) is 18.2 Å². The molecule has 0 radical (unpaired) electrons. The molecule has 0 spiro atoms. The Hall–Kier alpha value is -1.83. The summed E-state index contributed by atoms with van der Waals surface area (Å²) < 4.78 is 27.4. The Kier molecular flexibility index (Phi) is 4.43. The molecule has 2 rings (SSSR count). The van der Waals surface area contributed by atoms with E-state index in [1.807, 2.05) is 0 Å². The fraction of sp³-hybridized carbons (Fsp3) is 0.500. The molecule has 1 aliphatic rings. The molecule has 1 atom stereocenters. The number of aromatic nitrogens is 1. The van der Waals surface area contributed by atoms with Crippen LogP contribution in [-0.2, 0) is 14.6 Å². The lowest BCUT2D eigenvalue weighted by molar-refractivity contribution is 0.168. The number of nitrogens with one attached hydrogen (secondary N) is 2. The fourth-order valence-corrected chi connectivity index (χ4v) is 3.63. The van der Waals surface area contributed by atoms with Crippen LogP contribution in [0.2, 0.25) is 0 Å². The number of ether oxygens (including phenoxy) is 1. The first-order valence-corrected chi connectivity index (χ1v) is 8.17. The van der Waals surface area contributed by atoms with Crippen LogP contribution in [0.25, 0.3) is 0 Å². The highest BCUT2D eigenvalue weighted by atomic mass is 32.2. The molecular weight excluding hydrogens is 282 g/mol. The number of pyridine rings is 1. The van der Waals surface area contributed by atoms with Crippen LogP contribution in [0.5, 0.6) is 0 Å². The highest BCUT2D eigenvalue weighted by Crippen LogP contribution is 2.17. The van der Waals surface area contributed by atoms with Gasteiger partial charge in [0.25, 0.3) is 0 Å². The molecule has 7 nitrogen and oxygen atoms in total. The Balaban J connectivity index is 1.90. The molecule has 1 unspecified atom stereocenters.